The van der Waals surface area contributed by atoms with Crippen molar-refractivity contribution in [1.29, 1.82) is 0 Å². The van der Waals surface area contributed by atoms with Crippen LogP contribution in [0.15, 0.2) is 54.1 Å². The Morgan fingerprint density at radius 1 is 1.10 bits per heavy atom. The number of urea groups is 1. The number of benzene rings is 2. The van der Waals surface area contributed by atoms with Gasteiger partial charge in [-0.15, -0.1) is 0 Å². The Labute approximate surface area is 165 Å². The average Bonchev–Trinajstić information content (AvgIpc) is 2.66. The van der Waals surface area contributed by atoms with E-state index in [4.69, 9.17) is 4.74 Å². The maximum atomic E-state index is 12.8. The summed E-state index contributed by atoms with van der Waals surface area (Å²) in [6.45, 7) is 3.78. The standard InChI is InChI=1S/C20H17N3O6/c1-12(2)29-16-8-6-13(7-9-16)10-17-18(24)21-20(26)22(19(17)25)14-4-3-5-15(11-14)23(27)28/h3-12H,1-2H3,(H,21,24,26)/b17-10+. The number of carbonyl (C=O) groups excluding carboxylic acids is 3. The second kappa shape index (κ2) is 7.93. The predicted octanol–water partition coefficient (Wildman–Crippen LogP) is 3.05. The number of nitrogens with zero attached hydrogens (tertiary/aromatic N) is 2. The fourth-order valence-corrected chi connectivity index (χ4v) is 2.72. The van der Waals surface area contributed by atoms with Crippen molar-refractivity contribution in [2.24, 2.45) is 0 Å². The van der Waals surface area contributed by atoms with Crippen LogP contribution in [0.1, 0.15) is 19.4 Å². The van der Waals surface area contributed by atoms with Crippen LogP contribution in [0.4, 0.5) is 16.2 Å². The first-order chi connectivity index (χ1) is 13.8. The van der Waals surface area contributed by atoms with E-state index < -0.39 is 22.8 Å². The Hall–Kier alpha value is -4.01. The molecule has 2 aromatic rings. The molecular weight excluding hydrogens is 378 g/mol. The monoisotopic (exact) mass is 395 g/mol. The highest BCUT2D eigenvalue weighted by atomic mass is 16.6. The normalized spacial score (nSPS) is 15.6. The topological polar surface area (TPSA) is 119 Å². The van der Waals surface area contributed by atoms with E-state index in [1.807, 2.05) is 13.8 Å². The molecule has 0 bridgehead atoms. The van der Waals surface area contributed by atoms with Crippen molar-refractivity contribution < 1.29 is 24.0 Å². The van der Waals surface area contributed by atoms with Gasteiger partial charge >= 0.3 is 6.03 Å². The van der Waals surface area contributed by atoms with Crippen molar-refractivity contribution in [3.63, 3.8) is 0 Å². The molecule has 1 aliphatic rings. The highest BCUT2D eigenvalue weighted by Crippen LogP contribution is 2.25. The van der Waals surface area contributed by atoms with Gasteiger partial charge in [0.05, 0.1) is 16.7 Å². The average molecular weight is 395 g/mol. The lowest BCUT2D eigenvalue weighted by atomic mass is 10.1. The Morgan fingerprint density at radius 3 is 2.41 bits per heavy atom. The second-order valence-corrected chi connectivity index (χ2v) is 6.47. The van der Waals surface area contributed by atoms with Gasteiger partial charge in [0.2, 0.25) is 0 Å². The molecule has 0 saturated carbocycles. The van der Waals surface area contributed by atoms with E-state index in [0.717, 1.165) is 6.07 Å². The van der Waals surface area contributed by atoms with E-state index in [1.54, 1.807) is 24.3 Å². The summed E-state index contributed by atoms with van der Waals surface area (Å²) in [6.07, 6.45) is 1.34. The summed E-state index contributed by atoms with van der Waals surface area (Å²) >= 11 is 0. The van der Waals surface area contributed by atoms with Crippen LogP contribution >= 0.6 is 0 Å². The van der Waals surface area contributed by atoms with Crippen molar-refractivity contribution in [2.45, 2.75) is 20.0 Å². The molecule has 0 radical (unpaired) electrons. The molecule has 0 spiro atoms. The van der Waals surface area contributed by atoms with Gasteiger partial charge in [0, 0.05) is 12.1 Å². The van der Waals surface area contributed by atoms with Crippen molar-refractivity contribution >= 4 is 35.3 Å². The molecule has 1 aliphatic heterocycles. The Kier molecular flexibility index (Phi) is 5.40. The molecule has 0 atom stereocenters. The van der Waals surface area contributed by atoms with Gasteiger partial charge in [0.25, 0.3) is 17.5 Å². The number of barbiturate groups is 1. The van der Waals surface area contributed by atoms with E-state index in [2.05, 4.69) is 5.32 Å². The Balaban J connectivity index is 1.93. The number of nitrogens with one attached hydrogen (secondary N) is 1. The molecule has 1 saturated heterocycles. The molecule has 1 fully saturated rings. The van der Waals surface area contributed by atoms with Gasteiger partial charge in [-0.2, -0.15) is 0 Å². The van der Waals surface area contributed by atoms with Gasteiger partial charge in [0.15, 0.2) is 0 Å². The summed E-state index contributed by atoms with van der Waals surface area (Å²) in [6, 6.07) is 10.8. The van der Waals surface area contributed by atoms with Crippen molar-refractivity contribution in [3.05, 3.63) is 69.8 Å². The van der Waals surface area contributed by atoms with Crippen LogP contribution in [0.5, 0.6) is 5.75 Å². The summed E-state index contributed by atoms with van der Waals surface area (Å²) in [5.41, 5.74) is -0.0198. The summed E-state index contributed by atoms with van der Waals surface area (Å²) in [5.74, 6) is -1.08. The van der Waals surface area contributed by atoms with Crippen LogP contribution in [0, 0.1) is 10.1 Å². The van der Waals surface area contributed by atoms with E-state index >= 15 is 0 Å². The van der Waals surface area contributed by atoms with Crippen LogP contribution < -0.4 is 15.0 Å². The molecule has 9 nitrogen and oxygen atoms in total. The van der Waals surface area contributed by atoms with Crippen LogP contribution in [0.2, 0.25) is 0 Å². The fraction of sp³-hybridized carbons (Fsp3) is 0.150. The summed E-state index contributed by atoms with van der Waals surface area (Å²) in [5, 5.41) is 13.1. The molecule has 2 aromatic carbocycles. The fourth-order valence-electron chi connectivity index (χ4n) is 2.72. The van der Waals surface area contributed by atoms with E-state index in [9.17, 15) is 24.5 Å². The van der Waals surface area contributed by atoms with Gasteiger partial charge in [-0.25, -0.2) is 9.69 Å². The largest absolute Gasteiger partial charge is 0.491 e. The minimum atomic E-state index is -0.974. The maximum absolute atomic E-state index is 12.8. The Bertz CT molecular complexity index is 1030. The van der Waals surface area contributed by atoms with Crippen LogP contribution in [-0.4, -0.2) is 28.9 Å². The Morgan fingerprint density at radius 2 is 1.79 bits per heavy atom. The number of imide groups is 2. The third-order valence-corrected chi connectivity index (χ3v) is 3.96. The van der Waals surface area contributed by atoms with Gasteiger partial charge in [-0.05, 0) is 43.7 Å². The van der Waals surface area contributed by atoms with Crippen LogP contribution in [0.25, 0.3) is 6.08 Å². The SMILES string of the molecule is CC(C)Oc1ccc(/C=C2\C(=O)NC(=O)N(c3cccc([N+](=O)[O-])c3)C2=O)cc1. The van der Waals surface area contributed by atoms with Crippen molar-refractivity contribution in [1.82, 2.24) is 5.32 Å². The van der Waals surface area contributed by atoms with Gasteiger partial charge in [-0.1, -0.05) is 18.2 Å². The minimum Gasteiger partial charge on any atom is -0.491 e. The molecule has 1 heterocycles. The molecular formula is C20H17N3O6. The number of nitro benzene ring substituents is 1. The quantitative estimate of drug-likeness (QED) is 0.360. The maximum Gasteiger partial charge on any atom is 0.335 e. The first-order valence-electron chi connectivity index (χ1n) is 8.69. The first kappa shape index (κ1) is 19.7. The lowest BCUT2D eigenvalue weighted by Gasteiger charge is -2.26. The van der Waals surface area contributed by atoms with E-state index in [-0.39, 0.29) is 23.1 Å². The third-order valence-electron chi connectivity index (χ3n) is 3.96. The zero-order valence-electron chi connectivity index (χ0n) is 15.6. The number of hydrogen-bond acceptors (Lipinski definition) is 6. The van der Waals surface area contributed by atoms with Gasteiger partial charge in [-0.3, -0.25) is 25.0 Å². The number of rotatable bonds is 5. The van der Waals surface area contributed by atoms with Gasteiger partial charge in [0.1, 0.15) is 11.3 Å². The van der Waals surface area contributed by atoms with Gasteiger partial charge < -0.3 is 4.74 Å². The van der Waals surface area contributed by atoms with Crippen molar-refractivity contribution in [2.75, 3.05) is 4.90 Å². The zero-order valence-corrected chi connectivity index (χ0v) is 15.6. The predicted molar refractivity (Wildman–Crippen MR) is 104 cm³/mol. The second-order valence-electron chi connectivity index (χ2n) is 6.47. The first-order valence-corrected chi connectivity index (χ1v) is 8.69. The summed E-state index contributed by atoms with van der Waals surface area (Å²) < 4.78 is 5.55. The number of carbonyl (C=O) groups is 3. The third kappa shape index (κ3) is 4.29. The molecule has 9 heteroatoms. The molecule has 0 aliphatic carbocycles. The number of ether oxygens (including phenoxy) is 1. The number of non-ortho nitro benzene ring substituents is 1. The summed E-state index contributed by atoms with van der Waals surface area (Å²) in [4.78, 5) is 48.3. The number of amides is 4. The minimum absolute atomic E-state index is 0.000552. The summed E-state index contributed by atoms with van der Waals surface area (Å²) in [7, 11) is 0. The lowest BCUT2D eigenvalue weighted by molar-refractivity contribution is -0.384. The highest BCUT2D eigenvalue weighted by Gasteiger charge is 2.37. The van der Waals surface area contributed by atoms with E-state index in [0.29, 0.717) is 16.2 Å². The molecule has 4 amide bonds. The molecule has 0 aromatic heterocycles. The van der Waals surface area contributed by atoms with E-state index in [1.165, 1.54) is 24.3 Å². The molecule has 0 unspecified atom stereocenters. The van der Waals surface area contributed by atoms with Crippen molar-refractivity contribution in [3.8, 4) is 5.75 Å². The smallest absolute Gasteiger partial charge is 0.335 e. The lowest BCUT2D eigenvalue weighted by Crippen LogP contribution is -2.54. The zero-order chi connectivity index (χ0) is 21.1. The molecule has 1 N–H and O–H groups in total. The number of anilines is 1. The highest BCUT2D eigenvalue weighted by molar-refractivity contribution is 6.39. The molecule has 148 valence electrons. The molecule has 3 rings (SSSR count). The molecule has 29 heavy (non-hydrogen) atoms. The number of nitro groups is 1. The van der Waals surface area contributed by atoms with Crippen LogP contribution in [0.3, 0.4) is 0 Å². The van der Waals surface area contributed by atoms with Crippen LogP contribution in [-0.2, 0) is 9.59 Å². The number of hydrogen-bond donors (Lipinski definition) is 1.